The summed E-state index contributed by atoms with van der Waals surface area (Å²) < 4.78 is 16.3. The maximum atomic E-state index is 6.28. The third-order valence-electron chi connectivity index (χ3n) is 5.40. The zero-order valence-electron chi connectivity index (χ0n) is 15.5. The van der Waals surface area contributed by atoms with Crippen LogP contribution in [-0.4, -0.2) is 70.0 Å². The van der Waals surface area contributed by atoms with E-state index in [9.17, 15) is 0 Å². The Morgan fingerprint density at radius 1 is 1.08 bits per heavy atom. The second kappa shape index (κ2) is 8.58. The molecule has 3 aliphatic rings. The summed E-state index contributed by atoms with van der Waals surface area (Å²) in [4.78, 5) is 5.15. The lowest BCUT2D eigenvalue weighted by Crippen LogP contribution is -2.45. The van der Waals surface area contributed by atoms with Gasteiger partial charge in [0.2, 0.25) is 0 Å². The minimum atomic E-state index is 0.612. The summed E-state index contributed by atoms with van der Waals surface area (Å²) in [5.41, 5.74) is 1.09. The number of rotatable bonds is 7. The van der Waals surface area contributed by atoms with Crippen molar-refractivity contribution in [2.45, 2.75) is 25.4 Å². The van der Waals surface area contributed by atoms with E-state index >= 15 is 0 Å². The molecule has 0 amide bonds. The largest absolute Gasteiger partial charge is 0.493 e. The fraction of sp³-hybridized carbons (Fsp3) is 0.684. The molecule has 3 aliphatic heterocycles. The predicted octanol–water partition coefficient (Wildman–Crippen LogP) is 2.90. The van der Waals surface area contributed by atoms with Crippen LogP contribution >= 0.6 is 11.6 Å². The van der Waals surface area contributed by atoms with Crippen LogP contribution in [-0.2, 0) is 11.3 Å². The van der Waals surface area contributed by atoms with Gasteiger partial charge in [0.1, 0.15) is 0 Å². The molecule has 0 N–H and O–H groups in total. The normalized spacial score (nSPS) is 24.3. The Morgan fingerprint density at radius 3 is 2.64 bits per heavy atom. The lowest BCUT2D eigenvalue weighted by atomic mass is 9.95. The van der Waals surface area contributed by atoms with Gasteiger partial charge in [-0.05, 0) is 24.8 Å². The molecule has 0 radical (unpaired) electrons. The number of methoxy groups -OCH3 is 3. The Balaban J connectivity index is 1.75. The van der Waals surface area contributed by atoms with Gasteiger partial charge in [-0.1, -0.05) is 11.6 Å². The van der Waals surface area contributed by atoms with Gasteiger partial charge in [0.15, 0.2) is 11.5 Å². The molecule has 0 saturated carbocycles. The molecule has 2 bridgehead atoms. The SMILES string of the molecule is COCCN1C[C@@H]2CC[C@H]1CN(Cc1cc(Cl)cc(OC)c1OC)C2. The molecule has 5 nitrogen and oxygen atoms in total. The number of halogens is 1. The van der Waals surface area contributed by atoms with Gasteiger partial charge in [-0.3, -0.25) is 9.80 Å². The highest BCUT2D eigenvalue weighted by Crippen LogP contribution is 2.36. The van der Waals surface area contributed by atoms with Crippen LogP contribution in [0.4, 0.5) is 0 Å². The highest BCUT2D eigenvalue weighted by atomic mass is 35.5. The summed E-state index contributed by atoms with van der Waals surface area (Å²) in [6.07, 6.45) is 2.60. The van der Waals surface area contributed by atoms with E-state index in [0.717, 1.165) is 50.0 Å². The van der Waals surface area contributed by atoms with Gasteiger partial charge in [0, 0.05) is 62.5 Å². The monoisotopic (exact) mass is 368 g/mol. The Morgan fingerprint density at radius 2 is 1.92 bits per heavy atom. The Labute approximate surface area is 155 Å². The predicted molar refractivity (Wildman–Crippen MR) is 99.8 cm³/mol. The first-order valence-corrected chi connectivity index (χ1v) is 9.38. The van der Waals surface area contributed by atoms with Crippen molar-refractivity contribution in [3.63, 3.8) is 0 Å². The lowest BCUT2D eigenvalue weighted by molar-refractivity contribution is 0.0867. The van der Waals surface area contributed by atoms with Crippen molar-refractivity contribution < 1.29 is 14.2 Å². The summed E-state index contributed by atoms with van der Waals surface area (Å²) >= 11 is 6.28. The van der Waals surface area contributed by atoms with Crippen LogP contribution < -0.4 is 9.47 Å². The molecule has 3 fully saturated rings. The number of benzene rings is 1. The number of hydrogen-bond acceptors (Lipinski definition) is 5. The third-order valence-corrected chi connectivity index (χ3v) is 5.62. The maximum Gasteiger partial charge on any atom is 0.165 e. The van der Waals surface area contributed by atoms with Gasteiger partial charge in [0.25, 0.3) is 0 Å². The Bertz CT molecular complexity index is 584. The van der Waals surface area contributed by atoms with Crippen LogP contribution in [0.5, 0.6) is 11.5 Å². The summed E-state index contributed by atoms with van der Waals surface area (Å²) in [6, 6.07) is 4.42. The molecule has 3 heterocycles. The van der Waals surface area contributed by atoms with Crippen LogP contribution in [0.15, 0.2) is 12.1 Å². The zero-order valence-corrected chi connectivity index (χ0v) is 16.2. The molecule has 1 aromatic carbocycles. The fourth-order valence-corrected chi connectivity index (χ4v) is 4.48. The summed E-state index contributed by atoms with van der Waals surface area (Å²) in [5, 5.41) is 0.687. The molecule has 0 aromatic heterocycles. The van der Waals surface area contributed by atoms with Gasteiger partial charge in [-0.25, -0.2) is 0 Å². The van der Waals surface area contributed by atoms with Crippen molar-refractivity contribution in [3.8, 4) is 11.5 Å². The van der Waals surface area contributed by atoms with Crippen LogP contribution in [0, 0.1) is 5.92 Å². The fourth-order valence-electron chi connectivity index (χ4n) is 4.25. The van der Waals surface area contributed by atoms with Crippen LogP contribution in [0.3, 0.4) is 0 Å². The second-order valence-corrected chi connectivity index (χ2v) is 7.52. The minimum absolute atomic E-state index is 0.612. The van der Waals surface area contributed by atoms with E-state index in [4.69, 9.17) is 25.8 Å². The van der Waals surface area contributed by atoms with Crippen LogP contribution in [0.2, 0.25) is 5.02 Å². The topological polar surface area (TPSA) is 34.2 Å². The number of nitrogens with zero attached hydrogens (tertiary/aromatic N) is 2. The molecule has 2 atom stereocenters. The van der Waals surface area contributed by atoms with Gasteiger partial charge in [-0.2, -0.15) is 0 Å². The molecule has 0 aliphatic carbocycles. The molecule has 6 heteroatoms. The summed E-state index contributed by atoms with van der Waals surface area (Å²) in [5.74, 6) is 2.21. The summed E-state index contributed by atoms with van der Waals surface area (Å²) in [7, 11) is 5.12. The van der Waals surface area contributed by atoms with Crippen molar-refractivity contribution in [1.82, 2.24) is 9.80 Å². The average Bonchev–Trinajstić information content (AvgIpc) is 2.89. The number of ether oxygens (including phenoxy) is 3. The van der Waals surface area contributed by atoms with E-state index < -0.39 is 0 Å². The third kappa shape index (κ3) is 4.40. The second-order valence-electron chi connectivity index (χ2n) is 7.08. The molecular weight excluding hydrogens is 340 g/mol. The van der Waals surface area contributed by atoms with Crippen molar-refractivity contribution in [3.05, 3.63) is 22.7 Å². The van der Waals surface area contributed by atoms with E-state index in [2.05, 4.69) is 9.80 Å². The molecule has 0 spiro atoms. The van der Waals surface area contributed by atoms with Crippen molar-refractivity contribution in [2.75, 3.05) is 54.1 Å². The summed E-state index contributed by atoms with van der Waals surface area (Å²) in [6.45, 7) is 6.06. The molecule has 25 heavy (non-hydrogen) atoms. The number of fused-ring (bicyclic) bond motifs is 4. The number of hydrogen-bond donors (Lipinski definition) is 0. The molecule has 0 unspecified atom stereocenters. The maximum absolute atomic E-state index is 6.28. The molecule has 140 valence electrons. The first kappa shape index (κ1) is 18.8. The highest BCUT2D eigenvalue weighted by molar-refractivity contribution is 6.30. The lowest BCUT2D eigenvalue weighted by Gasteiger charge is -2.35. The smallest absolute Gasteiger partial charge is 0.165 e. The standard InChI is InChI=1S/C19H29ClN2O3/c1-23-7-6-22-11-14-4-5-17(22)13-21(10-14)12-15-8-16(20)9-18(24-2)19(15)25-3/h8-9,14,17H,4-7,10-13H2,1-3H3/t14-,17+/m1/s1. The molecule has 1 aromatic rings. The zero-order chi connectivity index (χ0) is 17.8. The van der Waals surface area contributed by atoms with Crippen LogP contribution in [0.25, 0.3) is 0 Å². The molecule has 3 saturated heterocycles. The van der Waals surface area contributed by atoms with Gasteiger partial charge >= 0.3 is 0 Å². The molecular formula is C19H29ClN2O3. The van der Waals surface area contributed by atoms with Gasteiger partial charge < -0.3 is 14.2 Å². The van der Waals surface area contributed by atoms with Crippen molar-refractivity contribution >= 4 is 11.6 Å². The van der Waals surface area contributed by atoms with Gasteiger partial charge in [-0.15, -0.1) is 0 Å². The minimum Gasteiger partial charge on any atom is -0.493 e. The Kier molecular flexibility index (Phi) is 6.44. The van der Waals surface area contributed by atoms with E-state index in [-0.39, 0.29) is 0 Å². The van der Waals surface area contributed by atoms with Crippen molar-refractivity contribution in [1.29, 1.82) is 0 Å². The van der Waals surface area contributed by atoms with E-state index in [1.807, 2.05) is 12.1 Å². The van der Waals surface area contributed by atoms with E-state index in [1.54, 1.807) is 21.3 Å². The van der Waals surface area contributed by atoms with E-state index in [1.165, 1.54) is 19.4 Å². The quantitative estimate of drug-likeness (QED) is 0.739. The Hall–Kier alpha value is -1.01. The van der Waals surface area contributed by atoms with Crippen molar-refractivity contribution in [2.24, 2.45) is 5.92 Å². The first-order valence-electron chi connectivity index (χ1n) is 9.00. The van der Waals surface area contributed by atoms with Crippen LogP contribution in [0.1, 0.15) is 18.4 Å². The highest BCUT2D eigenvalue weighted by Gasteiger charge is 2.34. The average molecular weight is 369 g/mol. The first-order chi connectivity index (χ1) is 12.1. The molecule has 4 rings (SSSR count). The van der Waals surface area contributed by atoms with Gasteiger partial charge in [0.05, 0.1) is 20.8 Å². The number of piperidine rings is 1. The van der Waals surface area contributed by atoms with E-state index in [0.29, 0.717) is 16.8 Å².